The molecule has 0 atom stereocenters. The normalized spacial score (nSPS) is 9.86. The maximum atomic E-state index is 11.6. The summed E-state index contributed by atoms with van der Waals surface area (Å²) in [5.41, 5.74) is 5.56. The number of hydrogen-bond acceptors (Lipinski definition) is 4. The summed E-state index contributed by atoms with van der Waals surface area (Å²) in [6, 6.07) is 1.48. The second-order valence-corrected chi connectivity index (χ2v) is 2.91. The summed E-state index contributed by atoms with van der Waals surface area (Å²) < 4.78 is 0. The Morgan fingerprint density at radius 2 is 2.43 bits per heavy atom. The third-order valence-electron chi connectivity index (χ3n) is 1.84. The van der Waals surface area contributed by atoms with Crippen LogP contribution in [0.5, 0.6) is 5.75 Å². The van der Waals surface area contributed by atoms with Gasteiger partial charge in [-0.05, 0) is 6.07 Å². The van der Waals surface area contributed by atoms with Gasteiger partial charge in [0, 0.05) is 26.3 Å². The van der Waals surface area contributed by atoms with Crippen molar-refractivity contribution >= 4 is 5.91 Å². The van der Waals surface area contributed by atoms with E-state index in [2.05, 4.69) is 4.98 Å². The summed E-state index contributed by atoms with van der Waals surface area (Å²) in [7, 11) is 1.63. The van der Waals surface area contributed by atoms with Crippen LogP contribution in [-0.4, -0.2) is 41.0 Å². The first kappa shape index (κ1) is 10.5. The molecule has 0 saturated carbocycles. The highest BCUT2D eigenvalue weighted by atomic mass is 16.3. The molecule has 1 heterocycles. The monoisotopic (exact) mass is 195 g/mol. The van der Waals surface area contributed by atoms with Gasteiger partial charge in [0.1, 0.15) is 5.75 Å². The van der Waals surface area contributed by atoms with Gasteiger partial charge in [-0.3, -0.25) is 9.78 Å². The summed E-state index contributed by atoms with van der Waals surface area (Å²) in [4.78, 5) is 16.8. The standard InChI is InChI=1S/C9H13N3O2/c1-12(5-3-10)9(14)7-2-4-11-6-8(7)13/h2,4,6,13H,3,5,10H2,1H3. The highest BCUT2D eigenvalue weighted by Crippen LogP contribution is 2.15. The fourth-order valence-electron chi connectivity index (χ4n) is 1.07. The molecule has 3 N–H and O–H groups in total. The maximum absolute atomic E-state index is 11.6. The molecule has 1 amide bonds. The van der Waals surface area contributed by atoms with Crippen LogP contribution in [0.15, 0.2) is 18.5 Å². The van der Waals surface area contributed by atoms with Gasteiger partial charge in [-0.1, -0.05) is 0 Å². The Hall–Kier alpha value is -1.62. The van der Waals surface area contributed by atoms with E-state index in [4.69, 9.17) is 5.73 Å². The van der Waals surface area contributed by atoms with Crippen LogP contribution < -0.4 is 5.73 Å². The fourth-order valence-corrected chi connectivity index (χ4v) is 1.07. The maximum Gasteiger partial charge on any atom is 0.257 e. The van der Waals surface area contributed by atoms with E-state index in [0.717, 1.165) is 0 Å². The van der Waals surface area contributed by atoms with Crippen molar-refractivity contribution in [1.82, 2.24) is 9.88 Å². The van der Waals surface area contributed by atoms with E-state index in [1.54, 1.807) is 7.05 Å². The summed E-state index contributed by atoms with van der Waals surface area (Å²) in [5.74, 6) is -0.364. The first-order valence-electron chi connectivity index (χ1n) is 4.25. The van der Waals surface area contributed by atoms with Gasteiger partial charge in [-0.15, -0.1) is 0 Å². The van der Waals surface area contributed by atoms with Crippen LogP contribution in [-0.2, 0) is 0 Å². The molecule has 5 nitrogen and oxygen atoms in total. The number of amides is 1. The molecule has 1 rings (SSSR count). The first-order chi connectivity index (χ1) is 6.66. The average Bonchev–Trinajstić information content (AvgIpc) is 2.18. The number of aromatic hydroxyl groups is 1. The van der Waals surface area contributed by atoms with E-state index in [0.29, 0.717) is 13.1 Å². The summed E-state index contributed by atoms with van der Waals surface area (Å²) in [6.45, 7) is 0.856. The third kappa shape index (κ3) is 2.20. The number of aromatic nitrogens is 1. The molecule has 0 fully saturated rings. The van der Waals surface area contributed by atoms with E-state index in [9.17, 15) is 9.90 Å². The van der Waals surface area contributed by atoms with Crippen LogP contribution in [0.4, 0.5) is 0 Å². The van der Waals surface area contributed by atoms with Gasteiger partial charge in [0.05, 0.1) is 11.8 Å². The van der Waals surface area contributed by atoms with Crippen LogP contribution in [0.3, 0.4) is 0 Å². The highest BCUT2D eigenvalue weighted by Gasteiger charge is 2.14. The van der Waals surface area contributed by atoms with Crippen molar-refractivity contribution in [2.75, 3.05) is 20.1 Å². The largest absolute Gasteiger partial charge is 0.505 e. The molecule has 0 aliphatic carbocycles. The van der Waals surface area contributed by atoms with Crippen molar-refractivity contribution in [2.45, 2.75) is 0 Å². The van der Waals surface area contributed by atoms with Crippen molar-refractivity contribution in [3.63, 3.8) is 0 Å². The molecule has 5 heteroatoms. The minimum atomic E-state index is -0.254. The second-order valence-electron chi connectivity index (χ2n) is 2.91. The Morgan fingerprint density at radius 1 is 1.71 bits per heavy atom. The number of carbonyl (C=O) groups is 1. The Labute approximate surface area is 82.2 Å². The molecule has 0 aliphatic heterocycles. The van der Waals surface area contributed by atoms with Gasteiger partial charge < -0.3 is 15.7 Å². The van der Waals surface area contributed by atoms with Crippen LogP contribution in [0.2, 0.25) is 0 Å². The lowest BCUT2D eigenvalue weighted by atomic mass is 10.2. The van der Waals surface area contributed by atoms with E-state index >= 15 is 0 Å². The first-order valence-corrected chi connectivity index (χ1v) is 4.25. The quantitative estimate of drug-likeness (QED) is 0.701. The summed E-state index contributed by atoms with van der Waals surface area (Å²) in [6.07, 6.45) is 2.70. The minimum absolute atomic E-state index is 0.110. The fraction of sp³-hybridized carbons (Fsp3) is 0.333. The van der Waals surface area contributed by atoms with E-state index in [-0.39, 0.29) is 17.2 Å². The van der Waals surface area contributed by atoms with Crippen LogP contribution in [0, 0.1) is 0 Å². The van der Waals surface area contributed by atoms with Gasteiger partial charge >= 0.3 is 0 Å². The van der Waals surface area contributed by atoms with Crippen LogP contribution in [0.25, 0.3) is 0 Å². The molecular weight excluding hydrogens is 182 g/mol. The molecule has 14 heavy (non-hydrogen) atoms. The number of nitrogens with zero attached hydrogens (tertiary/aromatic N) is 2. The Balaban J connectivity index is 2.84. The highest BCUT2D eigenvalue weighted by molar-refractivity contribution is 5.96. The predicted molar refractivity (Wildman–Crippen MR) is 51.9 cm³/mol. The predicted octanol–water partition coefficient (Wildman–Crippen LogP) is -0.182. The number of hydrogen-bond donors (Lipinski definition) is 2. The number of rotatable bonds is 3. The smallest absolute Gasteiger partial charge is 0.257 e. The lowest BCUT2D eigenvalue weighted by Crippen LogP contribution is -2.31. The average molecular weight is 195 g/mol. The summed E-state index contributed by atoms with van der Waals surface area (Å²) in [5, 5.41) is 9.36. The number of likely N-dealkylation sites (N-methyl/N-ethyl adjacent to an activating group) is 1. The molecule has 0 bridgehead atoms. The number of pyridine rings is 1. The Kier molecular flexibility index (Phi) is 3.41. The molecule has 0 aliphatic rings. The number of nitrogens with two attached hydrogens (primary N) is 1. The number of carbonyl (C=O) groups excluding carboxylic acids is 1. The molecule has 76 valence electrons. The van der Waals surface area contributed by atoms with Crippen molar-refractivity contribution in [1.29, 1.82) is 0 Å². The van der Waals surface area contributed by atoms with Crippen molar-refractivity contribution in [3.05, 3.63) is 24.0 Å². The topological polar surface area (TPSA) is 79.5 Å². The third-order valence-corrected chi connectivity index (χ3v) is 1.84. The molecule has 0 radical (unpaired) electrons. The zero-order chi connectivity index (χ0) is 10.6. The van der Waals surface area contributed by atoms with Gasteiger partial charge in [0.25, 0.3) is 5.91 Å². The van der Waals surface area contributed by atoms with Gasteiger partial charge in [0.15, 0.2) is 0 Å². The zero-order valence-corrected chi connectivity index (χ0v) is 7.97. The van der Waals surface area contributed by atoms with E-state index in [1.165, 1.54) is 23.4 Å². The lowest BCUT2D eigenvalue weighted by molar-refractivity contribution is 0.0796. The molecule has 0 saturated heterocycles. The zero-order valence-electron chi connectivity index (χ0n) is 7.97. The van der Waals surface area contributed by atoms with E-state index in [1.807, 2.05) is 0 Å². The van der Waals surface area contributed by atoms with Gasteiger partial charge in [-0.2, -0.15) is 0 Å². The molecule has 1 aromatic heterocycles. The minimum Gasteiger partial charge on any atom is -0.505 e. The Bertz CT molecular complexity index is 328. The van der Waals surface area contributed by atoms with Crippen molar-refractivity contribution in [2.24, 2.45) is 5.73 Å². The lowest BCUT2D eigenvalue weighted by Gasteiger charge is -2.16. The molecule has 1 aromatic rings. The molecule has 0 unspecified atom stereocenters. The van der Waals surface area contributed by atoms with Gasteiger partial charge in [0.2, 0.25) is 0 Å². The SMILES string of the molecule is CN(CCN)C(=O)c1ccncc1O. The molecule has 0 aromatic carbocycles. The second kappa shape index (κ2) is 4.57. The van der Waals surface area contributed by atoms with Crippen molar-refractivity contribution in [3.8, 4) is 5.75 Å². The molecular formula is C9H13N3O2. The van der Waals surface area contributed by atoms with Crippen LogP contribution >= 0.6 is 0 Å². The van der Waals surface area contributed by atoms with Crippen molar-refractivity contribution < 1.29 is 9.90 Å². The van der Waals surface area contributed by atoms with Gasteiger partial charge in [-0.25, -0.2) is 0 Å². The molecule has 0 spiro atoms. The Morgan fingerprint density at radius 3 is 3.00 bits per heavy atom. The van der Waals surface area contributed by atoms with E-state index < -0.39 is 0 Å². The summed E-state index contributed by atoms with van der Waals surface area (Å²) >= 11 is 0. The van der Waals surface area contributed by atoms with Crippen LogP contribution in [0.1, 0.15) is 10.4 Å².